The fourth-order valence-electron chi connectivity index (χ4n) is 1.62. The van der Waals surface area contributed by atoms with Gasteiger partial charge in [-0.3, -0.25) is 0 Å². The molecule has 22 heavy (non-hydrogen) atoms. The molecule has 0 aliphatic heterocycles. The van der Waals surface area contributed by atoms with Crippen LogP contribution >= 0.6 is 0 Å². The van der Waals surface area contributed by atoms with Crippen LogP contribution in [-0.2, 0) is 14.9 Å². The van der Waals surface area contributed by atoms with Crippen molar-refractivity contribution >= 4 is 21.7 Å². The second-order valence-corrected chi connectivity index (χ2v) is 5.66. The minimum Gasteiger partial charge on any atom is -0.465 e. The highest BCUT2D eigenvalue weighted by atomic mass is 32.2. The van der Waals surface area contributed by atoms with E-state index in [9.17, 15) is 26.4 Å². The molecule has 0 spiro atoms. The number of fused-ring (bicyclic) bond motifs is 1. The molecule has 2 aromatic heterocycles. The molecule has 0 aliphatic carbocycles. The Bertz CT molecular complexity index is 841. The Morgan fingerprint density at radius 2 is 2.00 bits per heavy atom. The Morgan fingerprint density at radius 1 is 1.36 bits per heavy atom. The lowest BCUT2D eigenvalue weighted by Gasteiger charge is -2.07. The molecule has 0 N–H and O–H groups in total. The van der Waals surface area contributed by atoms with Crippen LogP contribution in [0, 0.1) is 6.92 Å². The van der Waals surface area contributed by atoms with Gasteiger partial charge in [-0.25, -0.2) is 4.79 Å². The average Bonchev–Trinajstić information content (AvgIpc) is 2.72. The molecule has 0 unspecified atom stereocenters. The van der Waals surface area contributed by atoms with Crippen molar-refractivity contribution in [3.63, 3.8) is 0 Å². The molecule has 0 aliphatic rings. The number of aromatic nitrogens is 2. The second kappa shape index (κ2) is 5.16. The van der Waals surface area contributed by atoms with Crippen LogP contribution in [0.15, 0.2) is 18.3 Å². The van der Waals surface area contributed by atoms with E-state index in [1.807, 2.05) is 0 Å². The Kier molecular flexibility index (Phi) is 3.77. The number of rotatable bonds is 3. The fraction of sp³-hybridized carbons (Fsp3) is 0.273. The number of carbonyl (C=O) groups excluding carboxylic acids is 1. The summed E-state index contributed by atoms with van der Waals surface area (Å²) >= 11 is 0. The van der Waals surface area contributed by atoms with E-state index in [2.05, 4.69) is 13.9 Å². The van der Waals surface area contributed by atoms with Crippen molar-refractivity contribution in [1.82, 2.24) is 9.38 Å². The van der Waals surface area contributed by atoms with Gasteiger partial charge in [0.05, 0.1) is 18.4 Å². The molecule has 120 valence electrons. The third-order valence-electron chi connectivity index (χ3n) is 2.71. The highest BCUT2D eigenvalue weighted by Gasteiger charge is 2.49. The Balaban J connectivity index is 2.49. The van der Waals surface area contributed by atoms with Gasteiger partial charge < -0.3 is 13.3 Å². The average molecular weight is 338 g/mol. The maximum Gasteiger partial charge on any atom is 0.534 e. The Labute approximate surface area is 122 Å². The molecular formula is C11H9F3N2O5S. The van der Waals surface area contributed by atoms with Crippen LogP contribution in [0.1, 0.15) is 16.1 Å². The van der Waals surface area contributed by atoms with Gasteiger partial charge in [-0.2, -0.15) is 26.6 Å². The van der Waals surface area contributed by atoms with Gasteiger partial charge in [0, 0.05) is 6.20 Å². The van der Waals surface area contributed by atoms with Crippen molar-refractivity contribution in [3.05, 3.63) is 29.6 Å². The van der Waals surface area contributed by atoms with Crippen LogP contribution in [0.2, 0.25) is 0 Å². The van der Waals surface area contributed by atoms with E-state index in [-0.39, 0.29) is 16.9 Å². The Morgan fingerprint density at radius 3 is 2.55 bits per heavy atom. The topological polar surface area (TPSA) is 87.0 Å². The van der Waals surface area contributed by atoms with Crippen molar-refractivity contribution in [2.45, 2.75) is 12.4 Å². The van der Waals surface area contributed by atoms with Crippen molar-refractivity contribution < 1.29 is 35.3 Å². The summed E-state index contributed by atoms with van der Waals surface area (Å²) in [5, 5.41) is 0. The van der Waals surface area contributed by atoms with Crippen molar-refractivity contribution in [2.24, 2.45) is 0 Å². The van der Waals surface area contributed by atoms with Gasteiger partial charge in [-0.1, -0.05) is 0 Å². The molecule has 7 nitrogen and oxygen atoms in total. The lowest BCUT2D eigenvalue weighted by Crippen LogP contribution is -2.28. The number of nitrogens with zero attached hydrogens (tertiary/aromatic N) is 2. The summed E-state index contributed by atoms with van der Waals surface area (Å²) in [5.41, 5.74) is -5.40. The standard InChI is InChI=1S/C11H9F3N2O5S/c1-6-9(21-22(18,19)11(12,13)14)15-8-5-7(10(17)20-2)3-4-16(6)8/h3-5H,1-2H3. The van der Waals surface area contributed by atoms with E-state index >= 15 is 0 Å². The number of imidazole rings is 1. The van der Waals surface area contributed by atoms with Crippen LogP contribution in [0.4, 0.5) is 13.2 Å². The number of carbonyl (C=O) groups is 1. The number of halogens is 3. The van der Waals surface area contributed by atoms with Gasteiger partial charge in [-0.15, -0.1) is 0 Å². The monoisotopic (exact) mass is 338 g/mol. The molecule has 0 saturated heterocycles. The summed E-state index contributed by atoms with van der Waals surface area (Å²) in [6.07, 6.45) is 1.33. The highest BCUT2D eigenvalue weighted by molar-refractivity contribution is 7.87. The lowest BCUT2D eigenvalue weighted by molar-refractivity contribution is -0.0501. The van der Waals surface area contributed by atoms with Crippen molar-refractivity contribution in [3.8, 4) is 5.88 Å². The van der Waals surface area contributed by atoms with Crippen molar-refractivity contribution in [2.75, 3.05) is 7.11 Å². The molecule has 0 fully saturated rings. The molecular weight excluding hydrogens is 329 g/mol. The van der Waals surface area contributed by atoms with Gasteiger partial charge in [0.25, 0.3) is 5.88 Å². The van der Waals surface area contributed by atoms with Crippen LogP contribution in [-0.4, -0.2) is 36.4 Å². The van der Waals surface area contributed by atoms with E-state index < -0.39 is 27.5 Å². The third kappa shape index (κ3) is 2.71. The third-order valence-corrected chi connectivity index (χ3v) is 3.66. The summed E-state index contributed by atoms with van der Waals surface area (Å²) < 4.78 is 68.7. The van der Waals surface area contributed by atoms with E-state index in [4.69, 9.17) is 0 Å². The molecule has 0 atom stereocenters. The summed E-state index contributed by atoms with van der Waals surface area (Å²) in [5.74, 6) is -1.40. The lowest BCUT2D eigenvalue weighted by atomic mass is 10.3. The van der Waals surface area contributed by atoms with Crippen LogP contribution in [0.3, 0.4) is 0 Å². The van der Waals surface area contributed by atoms with Crippen molar-refractivity contribution in [1.29, 1.82) is 0 Å². The van der Waals surface area contributed by atoms with Gasteiger partial charge >= 0.3 is 21.6 Å². The number of pyridine rings is 1. The smallest absolute Gasteiger partial charge is 0.465 e. The molecule has 2 heterocycles. The molecule has 0 aromatic carbocycles. The quantitative estimate of drug-likeness (QED) is 0.480. The second-order valence-electron chi connectivity index (χ2n) is 4.12. The fourth-order valence-corrected chi connectivity index (χ4v) is 2.08. The minimum atomic E-state index is -5.82. The minimum absolute atomic E-state index is 0.0271. The summed E-state index contributed by atoms with van der Waals surface area (Å²) in [7, 11) is -4.66. The first kappa shape index (κ1) is 16.1. The zero-order valence-electron chi connectivity index (χ0n) is 11.2. The highest BCUT2D eigenvalue weighted by Crippen LogP contribution is 2.28. The number of hydrogen-bond acceptors (Lipinski definition) is 6. The molecule has 0 amide bonds. The maximum absolute atomic E-state index is 12.3. The first-order valence-electron chi connectivity index (χ1n) is 5.64. The summed E-state index contributed by atoms with van der Waals surface area (Å²) in [4.78, 5) is 15.0. The Hall–Kier alpha value is -2.30. The predicted octanol–water partition coefficient (Wildman–Crippen LogP) is 1.66. The number of ether oxygens (including phenoxy) is 1. The summed E-state index contributed by atoms with van der Waals surface area (Å²) in [6, 6.07) is 2.57. The number of aryl methyl sites for hydroxylation is 1. The van der Waals surface area contributed by atoms with E-state index in [1.165, 1.54) is 29.7 Å². The first-order valence-corrected chi connectivity index (χ1v) is 7.05. The van der Waals surface area contributed by atoms with E-state index in [0.29, 0.717) is 0 Å². The van der Waals surface area contributed by atoms with Gasteiger partial charge in [-0.05, 0) is 19.1 Å². The normalized spacial score (nSPS) is 12.4. The molecule has 2 aromatic rings. The number of methoxy groups -OCH3 is 1. The molecule has 0 saturated carbocycles. The zero-order valence-corrected chi connectivity index (χ0v) is 12.0. The van der Waals surface area contributed by atoms with Crippen LogP contribution in [0.5, 0.6) is 5.88 Å². The zero-order chi connectivity index (χ0) is 16.7. The molecule has 2 rings (SSSR count). The van der Waals surface area contributed by atoms with E-state index in [0.717, 1.165) is 7.11 Å². The summed E-state index contributed by atoms with van der Waals surface area (Å²) in [6.45, 7) is 1.32. The molecule has 0 bridgehead atoms. The van der Waals surface area contributed by atoms with Gasteiger partial charge in [0.1, 0.15) is 5.65 Å². The largest absolute Gasteiger partial charge is 0.534 e. The van der Waals surface area contributed by atoms with Crippen LogP contribution in [0.25, 0.3) is 5.65 Å². The van der Waals surface area contributed by atoms with Crippen LogP contribution < -0.4 is 4.18 Å². The molecule has 0 radical (unpaired) electrons. The number of esters is 1. The van der Waals surface area contributed by atoms with Gasteiger partial charge in [0.15, 0.2) is 0 Å². The maximum atomic E-state index is 12.3. The SMILES string of the molecule is COC(=O)c1ccn2c(C)c(OS(=O)(=O)C(F)(F)F)nc2c1. The predicted molar refractivity (Wildman–Crippen MR) is 66.9 cm³/mol. The van der Waals surface area contributed by atoms with E-state index in [1.54, 1.807) is 0 Å². The first-order chi connectivity index (χ1) is 10.1. The number of hydrogen-bond donors (Lipinski definition) is 0. The molecule has 11 heteroatoms. The number of alkyl halides is 3. The van der Waals surface area contributed by atoms with Gasteiger partial charge in [0.2, 0.25) is 0 Å².